The largest absolute Gasteiger partial charge is 0.493 e. The molecule has 1 aromatic carbocycles. The first kappa shape index (κ1) is 17.1. The van der Waals surface area contributed by atoms with Gasteiger partial charge in [-0.25, -0.2) is 4.98 Å². The topological polar surface area (TPSA) is 63.7 Å². The van der Waals surface area contributed by atoms with E-state index in [1.807, 2.05) is 43.3 Å². The van der Waals surface area contributed by atoms with Gasteiger partial charge >= 0.3 is 0 Å². The van der Waals surface area contributed by atoms with E-state index in [1.165, 1.54) is 0 Å². The zero-order valence-electron chi connectivity index (χ0n) is 14.8. The Balaban J connectivity index is 1.58. The zero-order chi connectivity index (χ0) is 17.8. The molecule has 0 radical (unpaired) electrons. The van der Waals surface area contributed by atoms with Crippen molar-refractivity contribution in [2.24, 2.45) is 5.92 Å². The van der Waals surface area contributed by atoms with Crippen LogP contribution < -0.4 is 19.7 Å². The second-order valence-electron chi connectivity index (χ2n) is 6.34. The van der Waals surface area contributed by atoms with Gasteiger partial charge in [-0.15, -0.1) is 0 Å². The van der Waals surface area contributed by atoms with Gasteiger partial charge in [-0.05, 0) is 30.2 Å². The number of hydrogen-bond donors (Lipinski definition) is 1. The summed E-state index contributed by atoms with van der Waals surface area (Å²) in [6.07, 6.45) is 2.45. The first-order chi connectivity index (χ1) is 12.1. The van der Waals surface area contributed by atoms with Crippen LogP contribution in [-0.2, 0) is 6.42 Å². The lowest BCUT2D eigenvalue weighted by molar-refractivity contribution is 0.0938. The van der Waals surface area contributed by atoms with Crippen LogP contribution >= 0.6 is 0 Å². The summed E-state index contributed by atoms with van der Waals surface area (Å²) in [4.78, 5) is 18.5. The summed E-state index contributed by atoms with van der Waals surface area (Å²) in [7, 11) is 5.47. The van der Waals surface area contributed by atoms with E-state index >= 15 is 0 Å². The Morgan fingerprint density at radius 1 is 1.36 bits per heavy atom. The Bertz CT molecular complexity index is 744. The first-order valence-corrected chi connectivity index (χ1v) is 8.28. The third-order valence-electron chi connectivity index (χ3n) is 4.27. The summed E-state index contributed by atoms with van der Waals surface area (Å²) in [5, 5.41) is 2.97. The van der Waals surface area contributed by atoms with Gasteiger partial charge in [0.25, 0.3) is 5.91 Å². The van der Waals surface area contributed by atoms with Crippen LogP contribution in [0.2, 0.25) is 0 Å². The van der Waals surface area contributed by atoms with Crippen LogP contribution in [0.25, 0.3) is 0 Å². The number of anilines is 1. The lowest BCUT2D eigenvalue weighted by Gasteiger charge is -2.26. The van der Waals surface area contributed by atoms with Crippen molar-refractivity contribution in [2.75, 3.05) is 39.3 Å². The number of methoxy groups -OCH3 is 1. The predicted octanol–water partition coefficient (Wildman–Crippen LogP) is 2.14. The average Bonchev–Trinajstić information content (AvgIpc) is 2.65. The molecular weight excluding hydrogens is 318 g/mol. The van der Waals surface area contributed by atoms with E-state index in [2.05, 4.69) is 10.3 Å². The monoisotopic (exact) mass is 341 g/mol. The molecule has 1 aromatic heterocycles. The van der Waals surface area contributed by atoms with Gasteiger partial charge < -0.3 is 19.7 Å². The molecule has 2 aromatic rings. The van der Waals surface area contributed by atoms with E-state index < -0.39 is 0 Å². The smallest absolute Gasteiger partial charge is 0.252 e. The molecule has 0 saturated heterocycles. The minimum absolute atomic E-state index is 0.116. The number of nitrogens with one attached hydrogen (secondary N) is 1. The molecule has 0 fully saturated rings. The highest BCUT2D eigenvalue weighted by molar-refractivity contribution is 5.94. The molecule has 0 bridgehead atoms. The number of rotatable bonds is 5. The summed E-state index contributed by atoms with van der Waals surface area (Å²) >= 11 is 0. The van der Waals surface area contributed by atoms with Crippen molar-refractivity contribution in [3.63, 3.8) is 0 Å². The van der Waals surface area contributed by atoms with Gasteiger partial charge in [0.1, 0.15) is 5.82 Å². The molecule has 0 aliphatic carbocycles. The molecule has 1 amide bonds. The van der Waals surface area contributed by atoms with Gasteiger partial charge in [0.15, 0.2) is 11.5 Å². The maximum absolute atomic E-state index is 12.3. The van der Waals surface area contributed by atoms with E-state index in [1.54, 1.807) is 19.4 Å². The molecule has 25 heavy (non-hydrogen) atoms. The minimum atomic E-state index is -0.116. The van der Waals surface area contributed by atoms with Crippen molar-refractivity contribution in [3.8, 4) is 11.5 Å². The summed E-state index contributed by atoms with van der Waals surface area (Å²) in [6, 6.07) is 9.51. The first-order valence-electron chi connectivity index (χ1n) is 8.28. The number of nitrogens with zero attached hydrogens (tertiary/aromatic N) is 2. The number of fused-ring (bicyclic) bond motifs is 1. The molecule has 0 saturated carbocycles. The molecule has 6 heteroatoms. The van der Waals surface area contributed by atoms with Crippen molar-refractivity contribution >= 4 is 11.7 Å². The number of benzene rings is 1. The number of pyridine rings is 1. The molecule has 3 rings (SSSR count). The summed E-state index contributed by atoms with van der Waals surface area (Å²) < 4.78 is 11.2. The van der Waals surface area contributed by atoms with Gasteiger partial charge in [0.2, 0.25) is 0 Å². The van der Waals surface area contributed by atoms with E-state index in [-0.39, 0.29) is 11.8 Å². The number of para-hydroxylation sites is 1. The zero-order valence-corrected chi connectivity index (χ0v) is 14.8. The Hall–Kier alpha value is -2.76. The second kappa shape index (κ2) is 7.42. The van der Waals surface area contributed by atoms with Crippen LogP contribution in [0.5, 0.6) is 11.5 Å². The molecule has 1 atom stereocenters. The maximum Gasteiger partial charge on any atom is 0.252 e. The van der Waals surface area contributed by atoms with Crippen molar-refractivity contribution in [3.05, 3.63) is 47.7 Å². The average molecular weight is 341 g/mol. The number of aromatic nitrogens is 1. The van der Waals surface area contributed by atoms with Gasteiger partial charge in [0, 0.05) is 32.8 Å². The molecule has 0 spiro atoms. The van der Waals surface area contributed by atoms with Gasteiger partial charge in [-0.3, -0.25) is 4.79 Å². The van der Waals surface area contributed by atoms with E-state index in [0.717, 1.165) is 29.3 Å². The van der Waals surface area contributed by atoms with Crippen molar-refractivity contribution in [1.82, 2.24) is 10.3 Å². The molecule has 1 aliphatic heterocycles. The lowest BCUT2D eigenvalue weighted by Crippen LogP contribution is -2.35. The van der Waals surface area contributed by atoms with Crippen LogP contribution in [0.1, 0.15) is 15.9 Å². The number of ether oxygens (including phenoxy) is 2. The van der Waals surface area contributed by atoms with Crippen LogP contribution in [0.3, 0.4) is 0 Å². The summed E-state index contributed by atoms with van der Waals surface area (Å²) in [5.74, 6) is 2.51. The van der Waals surface area contributed by atoms with E-state index in [0.29, 0.717) is 18.7 Å². The van der Waals surface area contributed by atoms with Crippen LogP contribution in [0, 0.1) is 5.92 Å². The van der Waals surface area contributed by atoms with Gasteiger partial charge in [0.05, 0.1) is 19.3 Å². The number of amides is 1. The Labute approximate surface area is 147 Å². The molecular formula is C19H23N3O3. The van der Waals surface area contributed by atoms with Crippen molar-refractivity contribution < 1.29 is 14.3 Å². The Morgan fingerprint density at radius 3 is 2.88 bits per heavy atom. The number of hydrogen-bond acceptors (Lipinski definition) is 5. The molecule has 1 aliphatic rings. The predicted molar refractivity (Wildman–Crippen MR) is 96.6 cm³/mol. The van der Waals surface area contributed by atoms with Crippen LogP contribution in [0.4, 0.5) is 5.82 Å². The van der Waals surface area contributed by atoms with Crippen LogP contribution in [0.15, 0.2) is 36.5 Å². The number of carbonyl (C=O) groups is 1. The highest BCUT2D eigenvalue weighted by atomic mass is 16.5. The van der Waals surface area contributed by atoms with Crippen molar-refractivity contribution in [1.29, 1.82) is 0 Å². The van der Waals surface area contributed by atoms with Crippen molar-refractivity contribution in [2.45, 2.75) is 6.42 Å². The van der Waals surface area contributed by atoms with Gasteiger partial charge in [-0.1, -0.05) is 12.1 Å². The molecule has 1 unspecified atom stereocenters. The van der Waals surface area contributed by atoms with Gasteiger partial charge in [-0.2, -0.15) is 0 Å². The van der Waals surface area contributed by atoms with E-state index in [4.69, 9.17) is 9.47 Å². The summed E-state index contributed by atoms with van der Waals surface area (Å²) in [6.45, 7) is 1.12. The highest BCUT2D eigenvalue weighted by Crippen LogP contribution is 2.35. The third-order valence-corrected chi connectivity index (χ3v) is 4.27. The fourth-order valence-electron chi connectivity index (χ4n) is 2.87. The Kier molecular flexibility index (Phi) is 5.07. The summed E-state index contributed by atoms with van der Waals surface area (Å²) in [5.41, 5.74) is 1.67. The standard InChI is InChI=1S/C19H23N3O3/c1-22(2)17-8-7-15(11-20-17)19(23)21-10-13-9-14-5-4-6-16(24-3)18(14)25-12-13/h4-8,11,13H,9-10,12H2,1-3H3,(H,21,23). The molecule has 6 nitrogen and oxygen atoms in total. The van der Waals surface area contributed by atoms with E-state index in [9.17, 15) is 4.79 Å². The third kappa shape index (κ3) is 3.84. The molecule has 2 heterocycles. The lowest BCUT2D eigenvalue weighted by atomic mass is 9.96. The molecule has 1 N–H and O–H groups in total. The second-order valence-corrected chi connectivity index (χ2v) is 6.34. The SMILES string of the molecule is COc1cccc2c1OCC(CNC(=O)c1ccc(N(C)C)nc1)C2. The fraction of sp³-hybridized carbons (Fsp3) is 0.368. The normalized spacial score (nSPS) is 15.7. The minimum Gasteiger partial charge on any atom is -0.493 e. The highest BCUT2D eigenvalue weighted by Gasteiger charge is 2.23. The quantitative estimate of drug-likeness (QED) is 0.903. The number of carbonyl (C=O) groups excluding carboxylic acids is 1. The molecule has 132 valence electrons. The fourth-order valence-corrected chi connectivity index (χ4v) is 2.87. The Morgan fingerprint density at radius 2 is 2.20 bits per heavy atom. The maximum atomic E-state index is 12.3. The van der Waals surface area contributed by atoms with Crippen LogP contribution in [-0.4, -0.2) is 45.2 Å².